The van der Waals surface area contributed by atoms with Gasteiger partial charge in [-0.2, -0.15) is 0 Å². The first kappa shape index (κ1) is 15.4. The second-order valence-corrected chi connectivity index (χ2v) is 5.09. The fourth-order valence-electron chi connectivity index (χ4n) is 2.39. The van der Waals surface area contributed by atoms with Crippen LogP contribution in [0.25, 0.3) is 0 Å². The standard InChI is InChI=1S/C13H26N2O3/c1-4-11-10-18-9-8-15(11)7-6-13(3,12(16)17)14-5-2/h11,14H,4-10H2,1-3H3,(H,16,17). The zero-order valence-electron chi connectivity index (χ0n) is 11.7. The molecule has 0 amide bonds. The molecule has 5 heteroatoms. The molecule has 1 saturated heterocycles. The molecule has 1 heterocycles. The summed E-state index contributed by atoms with van der Waals surface area (Å²) in [6.45, 7) is 9.74. The topological polar surface area (TPSA) is 61.8 Å². The normalized spacial score (nSPS) is 24.7. The number of carbonyl (C=O) groups is 1. The molecule has 2 unspecified atom stereocenters. The van der Waals surface area contributed by atoms with Crippen LogP contribution in [0.4, 0.5) is 0 Å². The van der Waals surface area contributed by atoms with Crippen LogP contribution < -0.4 is 5.32 Å². The summed E-state index contributed by atoms with van der Waals surface area (Å²) in [7, 11) is 0. The summed E-state index contributed by atoms with van der Waals surface area (Å²) < 4.78 is 5.46. The summed E-state index contributed by atoms with van der Waals surface area (Å²) in [5, 5.41) is 12.4. The van der Waals surface area contributed by atoms with Gasteiger partial charge in [0.25, 0.3) is 0 Å². The number of ether oxygens (including phenoxy) is 1. The van der Waals surface area contributed by atoms with Gasteiger partial charge in [0.15, 0.2) is 0 Å². The van der Waals surface area contributed by atoms with Crippen LogP contribution in [-0.2, 0) is 9.53 Å². The van der Waals surface area contributed by atoms with E-state index in [0.717, 1.165) is 32.7 Å². The van der Waals surface area contributed by atoms with E-state index < -0.39 is 11.5 Å². The molecule has 0 aromatic heterocycles. The number of aliphatic carboxylic acids is 1. The van der Waals surface area contributed by atoms with Gasteiger partial charge in [0.05, 0.1) is 13.2 Å². The fraction of sp³-hybridized carbons (Fsp3) is 0.923. The minimum Gasteiger partial charge on any atom is -0.480 e. The van der Waals surface area contributed by atoms with E-state index in [0.29, 0.717) is 19.0 Å². The van der Waals surface area contributed by atoms with E-state index in [1.807, 2.05) is 6.92 Å². The number of hydrogen-bond acceptors (Lipinski definition) is 4. The average Bonchev–Trinajstić information content (AvgIpc) is 2.37. The van der Waals surface area contributed by atoms with Crippen molar-refractivity contribution in [2.75, 3.05) is 32.8 Å². The number of carboxylic acids is 1. The molecule has 0 spiro atoms. The van der Waals surface area contributed by atoms with Gasteiger partial charge in [-0.25, -0.2) is 0 Å². The number of carboxylic acid groups (broad SMARTS) is 1. The third-order valence-electron chi connectivity index (χ3n) is 3.76. The Morgan fingerprint density at radius 3 is 2.83 bits per heavy atom. The Bertz CT molecular complexity index is 273. The lowest BCUT2D eigenvalue weighted by molar-refractivity contribution is -0.144. The van der Waals surface area contributed by atoms with E-state index in [4.69, 9.17) is 4.74 Å². The van der Waals surface area contributed by atoms with E-state index in [1.165, 1.54) is 0 Å². The Hall–Kier alpha value is -0.650. The van der Waals surface area contributed by atoms with E-state index in [2.05, 4.69) is 17.1 Å². The summed E-state index contributed by atoms with van der Waals surface area (Å²) in [5.41, 5.74) is -0.828. The first-order valence-corrected chi connectivity index (χ1v) is 6.83. The molecule has 1 aliphatic rings. The largest absolute Gasteiger partial charge is 0.480 e. The average molecular weight is 258 g/mol. The number of likely N-dealkylation sites (N-methyl/N-ethyl adjacent to an activating group) is 1. The molecule has 0 saturated carbocycles. The molecule has 106 valence electrons. The SMILES string of the molecule is CCNC(C)(CCN1CCOCC1CC)C(=O)O. The van der Waals surface area contributed by atoms with E-state index in [9.17, 15) is 9.90 Å². The lowest BCUT2D eigenvalue weighted by Crippen LogP contribution is -2.53. The quantitative estimate of drug-likeness (QED) is 0.711. The summed E-state index contributed by atoms with van der Waals surface area (Å²) in [5.74, 6) is -0.773. The maximum Gasteiger partial charge on any atom is 0.323 e. The molecule has 1 rings (SSSR count). The molecule has 0 aromatic carbocycles. The van der Waals surface area contributed by atoms with E-state index >= 15 is 0 Å². The maximum atomic E-state index is 11.3. The van der Waals surface area contributed by atoms with Gasteiger partial charge in [-0.1, -0.05) is 13.8 Å². The number of nitrogens with zero attached hydrogens (tertiary/aromatic N) is 1. The van der Waals surface area contributed by atoms with Gasteiger partial charge in [-0.3, -0.25) is 9.69 Å². The van der Waals surface area contributed by atoms with Crippen molar-refractivity contribution in [1.29, 1.82) is 0 Å². The van der Waals surface area contributed by atoms with Crippen molar-refractivity contribution < 1.29 is 14.6 Å². The van der Waals surface area contributed by atoms with E-state index in [1.54, 1.807) is 6.92 Å². The van der Waals surface area contributed by atoms with Crippen molar-refractivity contribution in [2.24, 2.45) is 0 Å². The number of rotatable bonds is 7. The first-order chi connectivity index (χ1) is 8.53. The lowest BCUT2D eigenvalue weighted by atomic mass is 9.97. The predicted molar refractivity (Wildman–Crippen MR) is 70.8 cm³/mol. The minimum atomic E-state index is -0.828. The lowest BCUT2D eigenvalue weighted by Gasteiger charge is -2.37. The molecule has 1 fully saturated rings. The van der Waals surface area contributed by atoms with Crippen molar-refractivity contribution in [1.82, 2.24) is 10.2 Å². The molecule has 1 aliphatic heterocycles. The summed E-state index contributed by atoms with van der Waals surface area (Å²) >= 11 is 0. The highest BCUT2D eigenvalue weighted by Gasteiger charge is 2.33. The van der Waals surface area contributed by atoms with Crippen molar-refractivity contribution in [2.45, 2.75) is 45.2 Å². The zero-order valence-corrected chi connectivity index (χ0v) is 11.7. The fourth-order valence-corrected chi connectivity index (χ4v) is 2.39. The highest BCUT2D eigenvalue weighted by Crippen LogP contribution is 2.16. The van der Waals surface area contributed by atoms with Gasteiger partial charge >= 0.3 is 5.97 Å². The smallest absolute Gasteiger partial charge is 0.323 e. The zero-order chi connectivity index (χ0) is 13.6. The second-order valence-electron chi connectivity index (χ2n) is 5.09. The highest BCUT2D eigenvalue weighted by molar-refractivity contribution is 5.78. The third kappa shape index (κ3) is 3.93. The van der Waals surface area contributed by atoms with Gasteiger partial charge in [0, 0.05) is 19.1 Å². The summed E-state index contributed by atoms with van der Waals surface area (Å²) in [6, 6.07) is 0.429. The molecule has 2 atom stereocenters. The molecule has 2 N–H and O–H groups in total. The van der Waals surface area contributed by atoms with Crippen LogP contribution in [0.1, 0.15) is 33.6 Å². The number of morpholine rings is 1. The van der Waals surface area contributed by atoms with Crippen molar-refractivity contribution in [3.8, 4) is 0 Å². The molecule has 0 aliphatic carbocycles. The number of nitrogens with one attached hydrogen (secondary N) is 1. The summed E-state index contributed by atoms with van der Waals surface area (Å²) in [4.78, 5) is 13.7. The molecule has 0 bridgehead atoms. The minimum absolute atomic E-state index is 0.429. The molecular formula is C13H26N2O3. The molecule has 0 radical (unpaired) electrons. The third-order valence-corrected chi connectivity index (χ3v) is 3.76. The van der Waals surface area contributed by atoms with Gasteiger partial charge in [0.1, 0.15) is 5.54 Å². The molecule has 0 aromatic rings. The Morgan fingerprint density at radius 2 is 2.28 bits per heavy atom. The van der Waals surface area contributed by atoms with Gasteiger partial charge in [-0.15, -0.1) is 0 Å². The van der Waals surface area contributed by atoms with Crippen molar-refractivity contribution in [3.05, 3.63) is 0 Å². The van der Waals surface area contributed by atoms with Crippen LogP contribution >= 0.6 is 0 Å². The van der Waals surface area contributed by atoms with Crippen LogP contribution in [0.3, 0.4) is 0 Å². The van der Waals surface area contributed by atoms with Crippen LogP contribution in [0, 0.1) is 0 Å². The van der Waals surface area contributed by atoms with Crippen LogP contribution in [0.5, 0.6) is 0 Å². The monoisotopic (exact) mass is 258 g/mol. The second kappa shape index (κ2) is 7.07. The van der Waals surface area contributed by atoms with Crippen LogP contribution in [-0.4, -0.2) is 60.4 Å². The Morgan fingerprint density at radius 1 is 1.56 bits per heavy atom. The van der Waals surface area contributed by atoms with Crippen LogP contribution in [0.2, 0.25) is 0 Å². The molecule has 5 nitrogen and oxygen atoms in total. The Balaban J connectivity index is 2.52. The van der Waals surface area contributed by atoms with Crippen molar-refractivity contribution >= 4 is 5.97 Å². The van der Waals surface area contributed by atoms with Gasteiger partial charge in [0.2, 0.25) is 0 Å². The number of hydrogen-bond donors (Lipinski definition) is 2. The Labute approximate surface area is 109 Å². The molecular weight excluding hydrogens is 232 g/mol. The Kier molecular flexibility index (Phi) is 6.05. The maximum absolute atomic E-state index is 11.3. The van der Waals surface area contributed by atoms with Crippen molar-refractivity contribution in [3.63, 3.8) is 0 Å². The predicted octanol–water partition coefficient (Wildman–Crippen LogP) is 0.940. The van der Waals surface area contributed by atoms with Crippen LogP contribution in [0.15, 0.2) is 0 Å². The summed E-state index contributed by atoms with van der Waals surface area (Å²) in [6.07, 6.45) is 1.66. The van der Waals surface area contributed by atoms with Gasteiger partial charge in [-0.05, 0) is 26.3 Å². The molecule has 18 heavy (non-hydrogen) atoms. The van der Waals surface area contributed by atoms with Gasteiger partial charge < -0.3 is 15.2 Å². The first-order valence-electron chi connectivity index (χ1n) is 6.83. The van der Waals surface area contributed by atoms with E-state index in [-0.39, 0.29) is 0 Å². The highest BCUT2D eigenvalue weighted by atomic mass is 16.5.